The van der Waals surface area contributed by atoms with Crippen LogP contribution in [-0.2, 0) is 13.0 Å². The van der Waals surface area contributed by atoms with Crippen LogP contribution in [0.5, 0.6) is 0 Å². The molecule has 0 aliphatic heterocycles. The average Bonchev–Trinajstić information content (AvgIpc) is 2.59. The van der Waals surface area contributed by atoms with Crippen LogP contribution in [0.2, 0.25) is 5.02 Å². The molecule has 4 heteroatoms. The summed E-state index contributed by atoms with van der Waals surface area (Å²) < 4.78 is 5.36. The Morgan fingerprint density at radius 3 is 2.71 bits per heavy atom. The van der Waals surface area contributed by atoms with E-state index in [4.69, 9.17) is 16.0 Å². The Hall–Kier alpha value is -2.10. The fourth-order valence-corrected chi connectivity index (χ4v) is 3.25. The number of quaternary nitrogens is 1. The van der Waals surface area contributed by atoms with Gasteiger partial charge in [-0.25, -0.2) is 4.79 Å². The van der Waals surface area contributed by atoms with Gasteiger partial charge in [0.25, 0.3) is 0 Å². The Morgan fingerprint density at radius 2 is 1.96 bits per heavy atom. The molecule has 3 aromatic rings. The number of hydrogen-bond donors (Lipinski definition) is 1. The zero-order valence-corrected chi connectivity index (χ0v) is 14.6. The van der Waals surface area contributed by atoms with Crippen molar-refractivity contribution in [2.24, 2.45) is 0 Å². The summed E-state index contributed by atoms with van der Waals surface area (Å²) in [6.45, 7) is 4.90. The summed E-state index contributed by atoms with van der Waals surface area (Å²) in [6, 6.07) is 15.7. The second kappa shape index (κ2) is 7.20. The Bertz CT molecular complexity index is 917. The third-order valence-corrected chi connectivity index (χ3v) is 4.73. The lowest BCUT2D eigenvalue weighted by atomic mass is 10.0. The molecule has 1 aromatic heterocycles. The largest absolute Gasteiger partial charge is 0.423 e. The van der Waals surface area contributed by atoms with E-state index in [0.29, 0.717) is 12.1 Å². The van der Waals surface area contributed by atoms with E-state index >= 15 is 0 Å². The molecule has 3 rings (SSSR count). The predicted molar refractivity (Wildman–Crippen MR) is 97.4 cm³/mol. The van der Waals surface area contributed by atoms with Crippen molar-refractivity contribution < 1.29 is 9.73 Å². The normalized spacial score (nSPS) is 12.5. The van der Waals surface area contributed by atoms with Gasteiger partial charge in [-0.1, -0.05) is 48.9 Å². The van der Waals surface area contributed by atoms with Crippen LogP contribution in [0, 0.1) is 0 Å². The molecule has 0 fully saturated rings. The van der Waals surface area contributed by atoms with Crippen LogP contribution in [0.25, 0.3) is 11.0 Å². The van der Waals surface area contributed by atoms with Crippen molar-refractivity contribution in [3.8, 4) is 0 Å². The zero-order chi connectivity index (χ0) is 17.1. The molecule has 24 heavy (non-hydrogen) atoms. The first-order chi connectivity index (χ1) is 11.6. The van der Waals surface area contributed by atoms with Gasteiger partial charge in [0, 0.05) is 27.6 Å². The number of benzene rings is 2. The molecule has 2 N–H and O–H groups in total. The van der Waals surface area contributed by atoms with E-state index in [9.17, 15) is 4.79 Å². The summed E-state index contributed by atoms with van der Waals surface area (Å²) in [5, 5.41) is 3.95. The van der Waals surface area contributed by atoms with Gasteiger partial charge in [-0.2, -0.15) is 0 Å². The van der Waals surface area contributed by atoms with Crippen molar-refractivity contribution in [2.75, 3.05) is 0 Å². The second-order valence-electron chi connectivity index (χ2n) is 6.02. The van der Waals surface area contributed by atoms with Gasteiger partial charge in [0.05, 0.1) is 0 Å². The van der Waals surface area contributed by atoms with E-state index in [2.05, 4.69) is 25.2 Å². The van der Waals surface area contributed by atoms with E-state index < -0.39 is 0 Å². The summed E-state index contributed by atoms with van der Waals surface area (Å²) in [6.07, 6.45) is 0.916. The van der Waals surface area contributed by atoms with Crippen LogP contribution in [0.1, 0.15) is 36.6 Å². The number of nitrogens with two attached hydrogens (primary N) is 1. The van der Waals surface area contributed by atoms with Crippen LogP contribution in [-0.4, -0.2) is 0 Å². The van der Waals surface area contributed by atoms with Crippen molar-refractivity contribution in [3.63, 3.8) is 0 Å². The number of hydrogen-bond acceptors (Lipinski definition) is 2. The zero-order valence-electron chi connectivity index (χ0n) is 13.9. The summed E-state index contributed by atoms with van der Waals surface area (Å²) in [5.74, 6) is 0. The minimum absolute atomic E-state index is 0.205. The number of halogens is 1. The van der Waals surface area contributed by atoms with Gasteiger partial charge >= 0.3 is 5.63 Å². The lowest BCUT2D eigenvalue weighted by molar-refractivity contribution is -0.707. The molecule has 0 aliphatic carbocycles. The maximum atomic E-state index is 11.9. The lowest BCUT2D eigenvalue weighted by Gasteiger charge is -2.13. The quantitative estimate of drug-likeness (QED) is 0.716. The van der Waals surface area contributed by atoms with Gasteiger partial charge in [0.15, 0.2) is 0 Å². The van der Waals surface area contributed by atoms with Crippen molar-refractivity contribution in [3.05, 3.63) is 80.7 Å². The van der Waals surface area contributed by atoms with Crippen molar-refractivity contribution in [1.29, 1.82) is 0 Å². The first-order valence-corrected chi connectivity index (χ1v) is 8.59. The highest BCUT2D eigenvalue weighted by molar-refractivity contribution is 6.31. The summed E-state index contributed by atoms with van der Waals surface area (Å²) in [7, 11) is 0. The highest BCUT2D eigenvalue weighted by Crippen LogP contribution is 2.21. The maximum Gasteiger partial charge on any atom is 0.336 e. The Morgan fingerprint density at radius 1 is 1.17 bits per heavy atom. The Balaban J connectivity index is 1.87. The van der Waals surface area contributed by atoms with E-state index in [1.165, 1.54) is 0 Å². The highest BCUT2D eigenvalue weighted by Gasteiger charge is 2.14. The molecular weight excluding hydrogens is 322 g/mol. The van der Waals surface area contributed by atoms with Crippen LogP contribution < -0.4 is 10.9 Å². The smallest absolute Gasteiger partial charge is 0.336 e. The molecule has 124 valence electrons. The van der Waals surface area contributed by atoms with Gasteiger partial charge in [-0.05, 0) is 31.0 Å². The summed E-state index contributed by atoms with van der Waals surface area (Å²) in [4.78, 5) is 11.9. The molecule has 0 saturated heterocycles. The maximum absolute atomic E-state index is 11.9. The molecule has 0 spiro atoms. The molecule has 2 aromatic carbocycles. The van der Waals surface area contributed by atoms with E-state index in [1.54, 1.807) is 6.07 Å². The average molecular weight is 343 g/mol. The molecule has 0 aliphatic rings. The van der Waals surface area contributed by atoms with Crippen LogP contribution in [0.4, 0.5) is 0 Å². The minimum atomic E-state index is -0.301. The molecule has 3 nitrogen and oxygen atoms in total. The summed E-state index contributed by atoms with van der Waals surface area (Å²) in [5.41, 5.74) is 3.61. The Kier molecular flexibility index (Phi) is 5.03. The SMILES string of the molecule is CCc1ccc2c(C[NH2+][C@@H](C)c3ccccc3Cl)cc(=O)oc2c1. The monoisotopic (exact) mass is 342 g/mol. The highest BCUT2D eigenvalue weighted by atomic mass is 35.5. The van der Waals surface area contributed by atoms with E-state index in [0.717, 1.165) is 33.5 Å². The molecule has 1 atom stereocenters. The fraction of sp³-hybridized carbons (Fsp3) is 0.250. The molecular formula is C20H21ClNO2+. The topological polar surface area (TPSA) is 46.8 Å². The van der Waals surface area contributed by atoms with E-state index in [-0.39, 0.29) is 11.7 Å². The molecule has 0 saturated carbocycles. The number of fused-ring (bicyclic) bond motifs is 1. The Labute approximate surface area is 146 Å². The van der Waals surface area contributed by atoms with Crippen LogP contribution in [0.15, 0.2) is 57.7 Å². The number of rotatable bonds is 5. The third kappa shape index (κ3) is 3.53. The summed E-state index contributed by atoms with van der Waals surface area (Å²) >= 11 is 6.27. The molecule has 0 radical (unpaired) electrons. The van der Waals surface area contributed by atoms with Crippen LogP contribution >= 0.6 is 11.6 Å². The third-order valence-electron chi connectivity index (χ3n) is 4.39. The molecule has 0 amide bonds. The first kappa shape index (κ1) is 16.7. The van der Waals surface area contributed by atoms with Gasteiger partial charge in [-0.3, -0.25) is 0 Å². The second-order valence-corrected chi connectivity index (χ2v) is 6.43. The van der Waals surface area contributed by atoms with Gasteiger partial charge < -0.3 is 9.73 Å². The van der Waals surface area contributed by atoms with Crippen molar-refractivity contribution in [2.45, 2.75) is 32.9 Å². The van der Waals surface area contributed by atoms with E-state index in [1.807, 2.05) is 36.4 Å². The molecule has 0 bridgehead atoms. The minimum Gasteiger partial charge on any atom is -0.423 e. The standard InChI is InChI=1S/C20H20ClNO2/c1-3-14-8-9-17-15(11-20(23)24-19(17)10-14)12-22-13(2)16-6-4-5-7-18(16)21/h4-11,13,22H,3,12H2,1-2H3/p+1/t13-/m0/s1. The number of aryl methyl sites for hydroxylation is 1. The van der Waals surface area contributed by atoms with Crippen molar-refractivity contribution >= 4 is 22.6 Å². The lowest BCUT2D eigenvalue weighted by Crippen LogP contribution is -2.83. The van der Waals surface area contributed by atoms with Gasteiger partial charge in [-0.15, -0.1) is 0 Å². The molecule has 1 heterocycles. The predicted octanol–water partition coefficient (Wildman–Crippen LogP) is 3.83. The van der Waals surface area contributed by atoms with Gasteiger partial charge in [0.1, 0.15) is 18.2 Å². The van der Waals surface area contributed by atoms with Gasteiger partial charge in [0.2, 0.25) is 0 Å². The fourth-order valence-electron chi connectivity index (χ4n) is 2.94. The van der Waals surface area contributed by atoms with Crippen LogP contribution in [0.3, 0.4) is 0 Å². The van der Waals surface area contributed by atoms with Crippen molar-refractivity contribution in [1.82, 2.24) is 0 Å². The molecule has 0 unspecified atom stereocenters. The first-order valence-electron chi connectivity index (χ1n) is 8.22.